The van der Waals surface area contributed by atoms with E-state index in [0.29, 0.717) is 23.6 Å². The van der Waals surface area contributed by atoms with Gasteiger partial charge in [-0.25, -0.2) is 18.3 Å². The van der Waals surface area contributed by atoms with E-state index in [1.54, 1.807) is 31.2 Å². The number of cyclic esters (lactones) is 1. The maximum Gasteiger partial charge on any atom is 0.414 e. The van der Waals surface area contributed by atoms with Crippen molar-refractivity contribution < 1.29 is 23.1 Å². The molecule has 7 nitrogen and oxygen atoms in total. The third-order valence-electron chi connectivity index (χ3n) is 3.94. The molecule has 0 bridgehead atoms. The van der Waals surface area contributed by atoms with Gasteiger partial charge in [-0.15, -0.1) is 0 Å². The third-order valence-corrected chi connectivity index (χ3v) is 3.94. The van der Waals surface area contributed by atoms with Crippen LogP contribution in [0, 0.1) is 6.92 Å². The maximum absolute atomic E-state index is 13.1. The summed E-state index contributed by atoms with van der Waals surface area (Å²) in [5, 5.41) is 6.69. The van der Waals surface area contributed by atoms with Crippen molar-refractivity contribution in [3.05, 3.63) is 41.7 Å². The predicted molar refractivity (Wildman–Crippen MR) is 89.6 cm³/mol. The molecule has 2 amide bonds. The summed E-state index contributed by atoms with van der Waals surface area (Å²) >= 11 is 0. The fourth-order valence-electron chi connectivity index (χ4n) is 2.75. The van der Waals surface area contributed by atoms with Crippen molar-refractivity contribution in [1.82, 2.24) is 15.1 Å². The number of nitrogens with zero attached hydrogens (tertiary/aromatic N) is 3. The molecule has 0 radical (unpaired) electrons. The molecule has 1 atom stereocenters. The van der Waals surface area contributed by atoms with E-state index in [1.807, 2.05) is 0 Å². The second-order valence-corrected chi connectivity index (χ2v) is 5.99. The monoisotopic (exact) mass is 364 g/mol. The first-order chi connectivity index (χ1) is 12.3. The molecule has 1 fully saturated rings. The first-order valence-corrected chi connectivity index (χ1v) is 8.03. The molecule has 1 N–H and O–H groups in total. The smallest absolute Gasteiger partial charge is 0.414 e. The van der Waals surface area contributed by atoms with Gasteiger partial charge in [0.05, 0.1) is 24.5 Å². The molecule has 1 saturated heterocycles. The molecule has 1 aromatic heterocycles. The van der Waals surface area contributed by atoms with E-state index in [-0.39, 0.29) is 18.1 Å². The largest absolute Gasteiger partial charge is 0.442 e. The molecule has 9 heteroatoms. The highest BCUT2D eigenvalue weighted by molar-refractivity contribution is 5.90. The Bertz CT molecular complexity index is 820. The topological polar surface area (TPSA) is 76.5 Å². The Morgan fingerprint density at radius 1 is 1.35 bits per heavy atom. The van der Waals surface area contributed by atoms with Crippen LogP contribution in [0.2, 0.25) is 0 Å². The minimum Gasteiger partial charge on any atom is -0.442 e. The standard InChI is InChI=1S/C17H18F2N4O3/c1-10-7-15(16(18)19)23(21-10)13-5-3-12(4-6-13)22-9-14(26-17(22)25)8-20-11(2)24/h3-7,14,16H,8-9H2,1-2H3,(H,20,24)/t14-/m0/s1. The molecule has 138 valence electrons. The quantitative estimate of drug-likeness (QED) is 0.885. The zero-order valence-corrected chi connectivity index (χ0v) is 14.3. The highest BCUT2D eigenvalue weighted by atomic mass is 19.3. The summed E-state index contributed by atoms with van der Waals surface area (Å²) in [7, 11) is 0. The first kappa shape index (κ1) is 17.8. The molecule has 1 aromatic carbocycles. The molecule has 0 aliphatic carbocycles. The molecule has 2 aromatic rings. The number of rotatable bonds is 5. The van der Waals surface area contributed by atoms with Gasteiger partial charge < -0.3 is 10.1 Å². The second kappa shape index (κ2) is 7.11. The molecule has 3 rings (SSSR count). The van der Waals surface area contributed by atoms with Gasteiger partial charge in [-0.3, -0.25) is 9.69 Å². The molecule has 0 unspecified atom stereocenters. The Labute approximate surface area is 148 Å². The van der Waals surface area contributed by atoms with Gasteiger partial charge in [-0.2, -0.15) is 5.10 Å². The van der Waals surface area contributed by atoms with Crippen molar-refractivity contribution in [2.24, 2.45) is 0 Å². The van der Waals surface area contributed by atoms with Crippen molar-refractivity contribution >= 4 is 17.7 Å². The highest BCUT2D eigenvalue weighted by Gasteiger charge is 2.32. The normalized spacial score (nSPS) is 16.9. The number of halogens is 2. The number of alkyl halides is 2. The Hall–Kier alpha value is -2.97. The van der Waals surface area contributed by atoms with Crippen molar-refractivity contribution in [2.75, 3.05) is 18.0 Å². The number of carbonyl (C=O) groups is 2. The number of amides is 2. The van der Waals surface area contributed by atoms with Crippen LogP contribution in [-0.4, -0.2) is 41.0 Å². The number of aromatic nitrogens is 2. The number of anilines is 1. The average Bonchev–Trinajstić information content (AvgIpc) is 3.16. The number of hydrogen-bond donors (Lipinski definition) is 1. The van der Waals surface area contributed by atoms with E-state index in [9.17, 15) is 18.4 Å². The van der Waals surface area contributed by atoms with Crippen molar-refractivity contribution in [1.29, 1.82) is 0 Å². The van der Waals surface area contributed by atoms with E-state index in [0.717, 1.165) is 0 Å². The van der Waals surface area contributed by atoms with Crippen LogP contribution in [0.4, 0.5) is 19.3 Å². The molecule has 2 heterocycles. The molecule has 1 aliphatic heterocycles. The summed E-state index contributed by atoms with van der Waals surface area (Å²) < 4.78 is 32.6. The van der Waals surface area contributed by atoms with Gasteiger partial charge in [0, 0.05) is 12.6 Å². The Morgan fingerprint density at radius 2 is 2.00 bits per heavy atom. The maximum atomic E-state index is 13.1. The molecule has 0 saturated carbocycles. The molecule has 26 heavy (non-hydrogen) atoms. The van der Waals surface area contributed by atoms with Crippen LogP contribution in [0.25, 0.3) is 5.69 Å². The number of hydrogen-bond acceptors (Lipinski definition) is 4. The fourth-order valence-corrected chi connectivity index (χ4v) is 2.75. The number of aryl methyl sites for hydroxylation is 1. The molecule has 0 spiro atoms. The van der Waals surface area contributed by atoms with Crippen molar-refractivity contribution in [3.63, 3.8) is 0 Å². The molecular formula is C17H18F2N4O3. The fraction of sp³-hybridized carbons (Fsp3) is 0.353. The summed E-state index contributed by atoms with van der Waals surface area (Å²) in [6.07, 6.45) is -3.60. The van der Waals surface area contributed by atoms with E-state index in [2.05, 4.69) is 10.4 Å². The van der Waals surface area contributed by atoms with Gasteiger partial charge in [-0.05, 0) is 37.3 Å². The minimum atomic E-state index is -2.64. The van der Waals surface area contributed by atoms with E-state index in [1.165, 1.54) is 22.6 Å². The van der Waals surface area contributed by atoms with Crippen LogP contribution < -0.4 is 10.2 Å². The summed E-state index contributed by atoms with van der Waals surface area (Å²) in [4.78, 5) is 24.4. The zero-order chi connectivity index (χ0) is 18.8. The lowest BCUT2D eigenvalue weighted by molar-refractivity contribution is -0.119. The summed E-state index contributed by atoms with van der Waals surface area (Å²) in [6, 6.07) is 7.85. The lowest BCUT2D eigenvalue weighted by atomic mass is 10.2. The Morgan fingerprint density at radius 3 is 2.62 bits per heavy atom. The Kier molecular flexibility index (Phi) is 4.88. The third kappa shape index (κ3) is 3.66. The van der Waals surface area contributed by atoms with Crippen LogP contribution in [0.1, 0.15) is 24.7 Å². The number of benzene rings is 1. The van der Waals surface area contributed by atoms with E-state index < -0.39 is 18.6 Å². The molecular weight excluding hydrogens is 346 g/mol. The Balaban J connectivity index is 1.76. The summed E-state index contributed by atoms with van der Waals surface area (Å²) in [6.45, 7) is 3.56. The number of carbonyl (C=O) groups excluding carboxylic acids is 2. The van der Waals surface area contributed by atoms with Crippen molar-refractivity contribution in [3.8, 4) is 5.69 Å². The van der Waals surface area contributed by atoms with Crippen LogP contribution >= 0.6 is 0 Å². The van der Waals surface area contributed by atoms with Gasteiger partial charge >= 0.3 is 6.09 Å². The van der Waals surface area contributed by atoms with Gasteiger partial charge in [-0.1, -0.05) is 0 Å². The van der Waals surface area contributed by atoms with Crippen LogP contribution in [-0.2, 0) is 9.53 Å². The lowest BCUT2D eigenvalue weighted by Gasteiger charge is -2.14. The van der Waals surface area contributed by atoms with Crippen molar-refractivity contribution in [2.45, 2.75) is 26.4 Å². The van der Waals surface area contributed by atoms with Gasteiger partial charge in [0.1, 0.15) is 11.8 Å². The number of nitrogens with one attached hydrogen (secondary N) is 1. The van der Waals surface area contributed by atoms with Crippen LogP contribution in [0.3, 0.4) is 0 Å². The van der Waals surface area contributed by atoms with Gasteiger partial charge in [0.2, 0.25) is 5.91 Å². The highest BCUT2D eigenvalue weighted by Crippen LogP contribution is 2.26. The van der Waals surface area contributed by atoms with Gasteiger partial charge in [0.15, 0.2) is 0 Å². The predicted octanol–water partition coefficient (Wildman–Crippen LogP) is 2.58. The second-order valence-electron chi connectivity index (χ2n) is 5.99. The average molecular weight is 364 g/mol. The zero-order valence-electron chi connectivity index (χ0n) is 14.3. The lowest BCUT2D eigenvalue weighted by Crippen LogP contribution is -2.33. The van der Waals surface area contributed by atoms with E-state index in [4.69, 9.17) is 4.74 Å². The molecule has 1 aliphatic rings. The summed E-state index contributed by atoms with van der Waals surface area (Å²) in [5.74, 6) is -0.201. The number of ether oxygens (including phenoxy) is 1. The van der Waals surface area contributed by atoms with E-state index >= 15 is 0 Å². The summed E-state index contributed by atoms with van der Waals surface area (Å²) in [5.41, 5.74) is 1.35. The SMILES string of the molecule is CC(=O)NC[C@H]1CN(c2ccc(-n3nc(C)cc3C(F)F)cc2)C(=O)O1. The minimum absolute atomic E-state index is 0.189. The van der Waals surface area contributed by atoms with Crippen LogP contribution in [0.5, 0.6) is 0 Å². The van der Waals surface area contributed by atoms with Gasteiger partial charge in [0.25, 0.3) is 6.43 Å². The first-order valence-electron chi connectivity index (χ1n) is 8.03. The van der Waals surface area contributed by atoms with Crippen LogP contribution in [0.15, 0.2) is 30.3 Å².